The fourth-order valence-electron chi connectivity index (χ4n) is 2.68. The zero-order valence-corrected chi connectivity index (χ0v) is 13.6. The van der Waals surface area contributed by atoms with Crippen molar-refractivity contribution in [2.45, 2.75) is 51.9 Å². The van der Waals surface area contributed by atoms with Gasteiger partial charge in [0, 0.05) is 11.4 Å². The molecular weight excluding hydrogens is 289 g/mol. The second-order valence-corrected chi connectivity index (χ2v) is 7.60. The minimum Gasteiger partial charge on any atom is -0.465 e. The van der Waals surface area contributed by atoms with Crippen LogP contribution in [-0.4, -0.2) is 41.0 Å². The normalized spacial score (nSPS) is 23.2. The lowest BCUT2D eigenvalue weighted by Gasteiger charge is -2.32. The van der Waals surface area contributed by atoms with E-state index in [0.29, 0.717) is 13.1 Å². The van der Waals surface area contributed by atoms with E-state index in [-0.39, 0.29) is 18.3 Å². The van der Waals surface area contributed by atoms with Crippen LogP contribution in [0.4, 0.5) is 4.79 Å². The minimum absolute atomic E-state index is 0.353. The predicted octanol–water partition coefficient (Wildman–Crippen LogP) is 2.08. The van der Waals surface area contributed by atoms with E-state index in [9.17, 15) is 4.79 Å². The van der Waals surface area contributed by atoms with Crippen LogP contribution in [0.5, 0.6) is 0 Å². The highest BCUT2D eigenvalue weighted by Gasteiger charge is 2.52. The molecule has 0 saturated carbocycles. The number of thiophene rings is 1. The molecule has 2 aliphatic rings. The lowest BCUT2D eigenvalue weighted by Crippen LogP contribution is -2.41. The third kappa shape index (κ3) is 2.37. The largest absolute Gasteiger partial charge is 0.495 e. The molecule has 0 aromatic carbocycles. The summed E-state index contributed by atoms with van der Waals surface area (Å²) in [6, 6.07) is 0. The highest BCUT2D eigenvalue weighted by atomic mass is 32.1. The first-order valence-corrected chi connectivity index (χ1v) is 8.02. The van der Waals surface area contributed by atoms with Crippen LogP contribution >= 0.6 is 11.3 Å². The summed E-state index contributed by atoms with van der Waals surface area (Å²) in [7, 11) is -0.355. The molecule has 0 radical (unpaired) electrons. The Balaban J connectivity index is 1.86. The second kappa shape index (κ2) is 4.73. The molecular formula is C14H20BNO4S. The first-order valence-electron chi connectivity index (χ1n) is 7.14. The zero-order valence-electron chi connectivity index (χ0n) is 12.8. The summed E-state index contributed by atoms with van der Waals surface area (Å²) < 4.78 is 12.2. The summed E-state index contributed by atoms with van der Waals surface area (Å²) in [5.74, 6) is 0. The Morgan fingerprint density at radius 3 is 2.52 bits per heavy atom. The molecule has 1 aromatic heterocycles. The predicted molar refractivity (Wildman–Crippen MR) is 82.2 cm³/mol. The van der Waals surface area contributed by atoms with Gasteiger partial charge >= 0.3 is 13.2 Å². The first kappa shape index (κ1) is 14.9. The Kier molecular flexibility index (Phi) is 3.35. The van der Waals surface area contributed by atoms with Crippen molar-refractivity contribution < 1.29 is 19.2 Å². The van der Waals surface area contributed by atoms with Crippen molar-refractivity contribution >= 4 is 30.0 Å². The van der Waals surface area contributed by atoms with Crippen molar-refractivity contribution in [3.63, 3.8) is 0 Å². The lowest BCUT2D eigenvalue weighted by atomic mass is 9.76. The Hall–Kier alpha value is -1.05. The molecule has 2 aliphatic heterocycles. The number of rotatable bonds is 1. The van der Waals surface area contributed by atoms with Crippen molar-refractivity contribution in [2.75, 3.05) is 6.54 Å². The first-order chi connectivity index (χ1) is 9.71. The second-order valence-electron chi connectivity index (χ2n) is 6.64. The van der Waals surface area contributed by atoms with Gasteiger partial charge in [-0.3, -0.25) is 0 Å². The Bertz CT molecular complexity index is 568. The van der Waals surface area contributed by atoms with Crippen LogP contribution in [0.15, 0.2) is 5.38 Å². The van der Waals surface area contributed by atoms with Gasteiger partial charge in [-0.25, -0.2) is 4.79 Å². The van der Waals surface area contributed by atoms with Crippen molar-refractivity contribution in [3.05, 3.63) is 15.8 Å². The summed E-state index contributed by atoms with van der Waals surface area (Å²) in [4.78, 5) is 13.6. The molecule has 5 nitrogen and oxygen atoms in total. The van der Waals surface area contributed by atoms with Crippen LogP contribution in [-0.2, 0) is 22.3 Å². The molecule has 7 heteroatoms. The summed E-state index contributed by atoms with van der Waals surface area (Å²) >= 11 is 1.60. The van der Waals surface area contributed by atoms with Crippen molar-refractivity contribution in [2.24, 2.45) is 0 Å². The van der Waals surface area contributed by atoms with Gasteiger partial charge in [0.15, 0.2) is 0 Å². The van der Waals surface area contributed by atoms with Gasteiger partial charge in [0.25, 0.3) is 0 Å². The third-order valence-corrected chi connectivity index (χ3v) is 5.79. The lowest BCUT2D eigenvalue weighted by molar-refractivity contribution is 0.00578. The van der Waals surface area contributed by atoms with E-state index in [4.69, 9.17) is 14.4 Å². The Morgan fingerprint density at radius 2 is 1.95 bits per heavy atom. The fourth-order valence-corrected chi connectivity index (χ4v) is 3.80. The van der Waals surface area contributed by atoms with Crippen LogP contribution in [0, 0.1) is 0 Å². The topological polar surface area (TPSA) is 59.0 Å². The summed E-state index contributed by atoms with van der Waals surface area (Å²) in [6.45, 7) is 9.16. The van der Waals surface area contributed by atoms with E-state index in [1.165, 1.54) is 10.5 Å². The molecule has 0 aliphatic carbocycles. The van der Waals surface area contributed by atoms with E-state index in [0.717, 1.165) is 16.8 Å². The van der Waals surface area contributed by atoms with Crippen molar-refractivity contribution in [1.82, 2.24) is 4.90 Å². The molecule has 3 rings (SSSR count). The average Bonchev–Trinajstić information content (AvgIpc) is 2.87. The molecule has 3 heterocycles. The number of fused-ring (bicyclic) bond motifs is 1. The monoisotopic (exact) mass is 309 g/mol. The quantitative estimate of drug-likeness (QED) is 0.807. The minimum atomic E-state index is -0.855. The Labute approximate surface area is 129 Å². The maximum Gasteiger partial charge on any atom is 0.495 e. The third-order valence-electron chi connectivity index (χ3n) is 4.76. The van der Waals surface area contributed by atoms with E-state index in [2.05, 4.69) is 5.38 Å². The van der Waals surface area contributed by atoms with Crippen LogP contribution < -0.4 is 5.46 Å². The van der Waals surface area contributed by atoms with Gasteiger partial charge in [0.2, 0.25) is 0 Å². The van der Waals surface area contributed by atoms with Gasteiger partial charge in [-0.05, 0) is 50.5 Å². The molecule has 1 fully saturated rings. The summed E-state index contributed by atoms with van der Waals surface area (Å²) in [5.41, 5.74) is 1.57. The molecule has 114 valence electrons. The van der Waals surface area contributed by atoms with Crippen LogP contribution in [0.25, 0.3) is 0 Å². The number of carboxylic acid groups (broad SMARTS) is 1. The molecule has 0 spiro atoms. The summed E-state index contributed by atoms with van der Waals surface area (Å²) in [6.07, 6.45) is -0.129. The Morgan fingerprint density at radius 1 is 1.33 bits per heavy atom. The highest BCUT2D eigenvalue weighted by Crippen LogP contribution is 2.37. The maximum atomic E-state index is 11.1. The number of amides is 1. The molecule has 21 heavy (non-hydrogen) atoms. The van der Waals surface area contributed by atoms with Gasteiger partial charge < -0.3 is 19.3 Å². The van der Waals surface area contributed by atoms with Crippen molar-refractivity contribution in [3.8, 4) is 0 Å². The van der Waals surface area contributed by atoms with Crippen molar-refractivity contribution in [1.29, 1.82) is 0 Å². The maximum absolute atomic E-state index is 11.1. The zero-order chi connectivity index (χ0) is 15.4. The van der Waals surface area contributed by atoms with E-state index >= 15 is 0 Å². The number of hydrogen-bond acceptors (Lipinski definition) is 4. The number of hydrogen-bond donors (Lipinski definition) is 1. The number of carbonyl (C=O) groups is 1. The average molecular weight is 309 g/mol. The summed E-state index contributed by atoms with van der Waals surface area (Å²) in [5, 5.41) is 11.2. The van der Waals surface area contributed by atoms with Gasteiger partial charge in [-0.1, -0.05) is 0 Å². The standard InChI is InChI=1S/C14H20BNO4S/c1-13(2)14(3,4)20-15(19-13)10-8-21-11-7-16(12(17)18)6-5-9(10)11/h8H,5-7H2,1-4H3,(H,17,18). The van der Waals surface area contributed by atoms with E-state index < -0.39 is 6.09 Å². The molecule has 0 atom stereocenters. The molecule has 0 unspecified atom stereocenters. The smallest absolute Gasteiger partial charge is 0.465 e. The van der Waals surface area contributed by atoms with Gasteiger partial charge in [-0.15, -0.1) is 11.3 Å². The SMILES string of the molecule is CC1(C)OB(c2csc3c2CCN(C(=O)O)C3)OC1(C)C. The molecule has 1 N–H and O–H groups in total. The molecule has 1 aromatic rings. The van der Waals surface area contributed by atoms with Gasteiger partial charge in [-0.2, -0.15) is 0 Å². The van der Waals surface area contributed by atoms with Crippen LogP contribution in [0.1, 0.15) is 38.1 Å². The van der Waals surface area contributed by atoms with E-state index in [1.54, 1.807) is 11.3 Å². The fraction of sp³-hybridized carbons (Fsp3) is 0.643. The van der Waals surface area contributed by atoms with Gasteiger partial charge in [0.1, 0.15) is 0 Å². The molecule has 1 saturated heterocycles. The molecule has 1 amide bonds. The van der Waals surface area contributed by atoms with Crippen LogP contribution in [0.2, 0.25) is 0 Å². The van der Waals surface area contributed by atoms with E-state index in [1.807, 2.05) is 27.7 Å². The highest BCUT2D eigenvalue weighted by molar-refractivity contribution is 7.11. The van der Waals surface area contributed by atoms with Crippen LogP contribution in [0.3, 0.4) is 0 Å². The molecule has 0 bridgehead atoms. The van der Waals surface area contributed by atoms with Gasteiger partial charge in [0.05, 0.1) is 17.7 Å². The number of nitrogens with zero attached hydrogens (tertiary/aromatic N) is 1.